The molecule has 3 unspecified atom stereocenters. The van der Waals surface area contributed by atoms with E-state index in [0.717, 1.165) is 217 Å². The van der Waals surface area contributed by atoms with Gasteiger partial charge < -0.3 is 123 Å². The van der Waals surface area contributed by atoms with Crippen LogP contribution in [0, 0.1) is 0 Å². The zero-order valence-electron chi connectivity index (χ0n) is 61.4. The molecule has 23 nitrogen and oxygen atoms in total. The number of nitrogens with one attached hydrogen (secondary N) is 18. The van der Waals surface area contributed by atoms with Crippen LogP contribution in [0.4, 0.5) is 0 Å². The zero-order chi connectivity index (χ0) is 74.9. The van der Waals surface area contributed by atoms with Crippen LogP contribution in [0.25, 0.3) is 0 Å². The Hall–Kier alpha value is 2.63. The molecule has 4 aliphatic heterocycles. The molecule has 7 aliphatic rings. The van der Waals surface area contributed by atoms with E-state index in [2.05, 4.69) is 161 Å². The van der Waals surface area contributed by atoms with Crippen molar-refractivity contribution < 1.29 is 80.3 Å². The molecule has 616 valence electrons. The van der Waals surface area contributed by atoms with E-state index in [4.69, 9.17) is 85.8 Å². The predicted molar refractivity (Wildman–Crippen MR) is 425 cm³/mol. The Labute approximate surface area is 699 Å². The van der Waals surface area contributed by atoms with Gasteiger partial charge in [0.25, 0.3) is 0 Å². The van der Waals surface area contributed by atoms with Crippen molar-refractivity contribution >= 4 is 96.7 Å². The van der Waals surface area contributed by atoms with Crippen LogP contribution in [0.5, 0.6) is 0 Å². The molecule has 9 rings (SSSR count). The van der Waals surface area contributed by atoms with E-state index in [9.17, 15) is 15.3 Å². The second-order valence-electron chi connectivity index (χ2n) is 26.5. The van der Waals surface area contributed by atoms with Crippen LogP contribution in [0.3, 0.4) is 0 Å². The van der Waals surface area contributed by atoms with Gasteiger partial charge in [0.1, 0.15) is 0 Å². The molecule has 2 aromatic heterocycles. The minimum absolute atomic E-state index is 0. The maximum Gasteiger partial charge on any atom is 0.0545 e. The summed E-state index contributed by atoms with van der Waals surface area (Å²) in [7, 11) is 38.3. The fraction of sp³-hybridized carbons (Fsp3) is 0.851. The van der Waals surface area contributed by atoms with Crippen molar-refractivity contribution in [2.45, 2.75) is 203 Å². The third-order valence-electron chi connectivity index (χ3n) is 18.7. The number of aliphatic hydroxyl groups excluding tert-OH is 3. The van der Waals surface area contributed by atoms with Crippen LogP contribution in [0.15, 0.2) is 34.8 Å². The summed E-state index contributed by atoms with van der Waals surface area (Å²) < 4.78 is 1.09. The van der Waals surface area contributed by atoms with E-state index in [1.165, 1.54) is 77.0 Å². The summed E-state index contributed by atoms with van der Waals surface area (Å²) >= 11 is 3.79. The Morgan fingerprint density at radius 3 is 1.14 bits per heavy atom. The molecular formula is C67H131BrCl9FeMn3N20O3. The molecule has 0 radical (unpaired) electrons. The van der Waals surface area contributed by atoms with Crippen molar-refractivity contribution in [2.24, 2.45) is 0 Å². The monoisotopic (exact) mass is 1880 g/mol. The summed E-state index contributed by atoms with van der Waals surface area (Å²) in [5, 5.41) is 92.7. The van der Waals surface area contributed by atoms with Gasteiger partial charge in [0, 0.05) is 248 Å². The molecule has 21 N–H and O–H groups in total. The van der Waals surface area contributed by atoms with Gasteiger partial charge in [-0.2, -0.15) is 0 Å². The molecule has 0 amide bonds. The second kappa shape index (κ2) is 75.7. The number of rotatable bonds is 7. The molecule has 3 saturated carbocycles. The van der Waals surface area contributed by atoms with Crippen molar-refractivity contribution in [1.29, 1.82) is 0 Å². The summed E-state index contributed by atoms with van der Waals surface area (Å²) in [6.07, 6.45) is 19.2. The number of fused-ring (bicyclic) bond motifs is 7. The first-order valence-corrected chi connectivity index (χ1v) is 51.0. The standard InChI is InChI=1S/C21H45N5O2.C19H39N5O.C14H24BrN5.C13H23N5.9ClH.Fe.3Mn/c1-17-14-24-19(7-5-13-28)16-26-21-9-3-2-8-20(21)25-15-18(6-4-12-27)23-11-10-22-17;25-14-15-13-24-19-8-4-3-7-18(19)23-12-11-22-17-6-2-1-5-16(17)21-10-9-20-15;1-11-14-9-12(15)8-13(20-14)10-18-5-4-16-2-3-17-6-7-19-11;1-2-12-10-16-8-6-14-4-5-15-7-9-17-11-13(3-1)18-12;;;;;;;;;;;;;/h17-28H,2-16H2,1H3;15-25H,1-14H2;8-9,11,16-19H,2-7,10H2,1H3;1-3,14-17H,4-11H2;9*1H;;;;/q;;;;;;;;;;;;;+3;3*+2/p-9/t17-,18-,19-,20?,21?;15-,16+,17+,18+,19+;;;;;;;;;;;;;;;/m00.............../s1. The topological polar surface area (TPSA) is 303 Å². The van der Waals surface area contributed by atoms with Crippen LogP contribution >= 0.6 is 96.7 Å². The van der Waals surface area contributed by atoms with E-state index < -0.39 is 0 Å². The summed E-state index contributed by atoms with van der Waals surface area (Å²) in [6, 6.07) is 15.4. The number of nitrogens with zero attached hydrogens (tertiary/aromatic N) is 2. The Balaban J connectivity index is 0.000000662. The second-order valence-corrected chi connectivity index (χ2v) is 35.1. The molecule has 6 heterocycles. The fourth-order valence-corrected chi connectivity index (χ4v) is 13.9. The first-order valence-electron chi connectivity index (χ1n) is 37.4. The van der Waals surface area contributed by atoms with Crippen LogP contribution < -0.4 is 108 Å². The van der Waals surface area contributed by atoms with E-state index >= 15 is 0 Å². The van der Waals surface area contributed by atoms with Gasteiger partial charge in [-0.25, -0.2) is 0 Å². The average molecular weight is 1880 g/mol. The molecule has 3 aliphatic carbocycles. The molecule has 0 aromatic carbocycles. The van der Waals surface area contributed by atoms with Crippen molar-refractivity contribution in [3.8, 4) is 0 Å². The van der Waals surface area contributed by atoms with Gasteiger partial charge >= 0.3 is 133 Å². The molecule has 4 bridgehead atoms. The van der Waals surface area contributed by atoms with Gasteiger partial charge in [-0.3, -0.25) is 9.97 Å². The minimum Gasteiger partial charge on any atom is -0.314 e. The summed E-state index contributed by atoms with van der Waals surface area (Å²) in [6.45, 7) is 29.1. The van der Waals surface area contributed by atoms with E-state index in [0.29, 0.717) is 54.4 Å². The van der Waals surface area contributed by atoms with Crippen molar-refractivity contribution in [3.05, 3.63) is 57.6 Å². The minimum atomic E-state index is 0. The number of halogens is 10. The average Bonchev–Trinajstić information content (AvgIpc) is 0.928. The molecular weight excluding hydrogens is 1750 g/mol. The molecule has 37 heteroatoms. The van der Waals surface area contributed by atoms with Crippen molar-refractivity contribution in [1.82, 2.24) is 106 Å². The maximum atomic E-state index is 9.68. The van der Waals surface area contributed by atoms with Crippen LogP contribution in [0.1, 0.15) is 145 Å². The Morgan fingerprint density at radius 1 is 0.413 bits per heavy atom. The molecule has 11 atom stereocenters. The van der Waals surface area contributed by atoms with E-state index in [1.54, 1.807) is 0 Å². The number of aliphatic hydroxyl groups is 3. The number of aromatic nitrogens is 2. The van der Waals surface area contributed by atoms with Gasteiger partial charge in [0.15, 0.2) is 0 Å². The SMILES string of the molecule is CC1NCCNCCNCCNCc2cc(Br)cc1n2.C[C@H]1CN[C@@H](CCCO)CNC2CCCCC2NC[C@H](CCCO)NCCN1.OC[C@@H]1CN[C@@H]2CCCC[C@H]2NCCN[C@@H]2CCCC[C@H]2NCCN1.[Cl-].[Cl][Fe+][Cl].[Cl][Mn][Cl].[Cl][Mn][Cl].[Cl][Mn][Cl].c1cc2nc(c1)CNCCNCCNCCNC2. The van der Waals surface area contributed by atoms with Crippen LogP contribution in [0.2, 0.25) is 0 Å². The third kappa shape index (κ3) is 56.0. The van der Waals surface area contributed by atoms with Crippen molar-refractivity contribution in [3.63, 3.8) is 0 Å². The van der Waals surface area contributed by atoms with Gasteiger partial charge in [0.05, 0.1) is 29.4 Å². The largest absolute Gasteiger partial charge is 0.314 e. The fourth-order valence-electron chi connectivity index (χ4n) is 13.4. The quantitative estimate of drug-likeness (QED) is 0.177. The van der Waals surface area contributed by atoms with Gasteiger partial charge in [0.2, 0.25) is 0 Å². The van der Waals surface area contributed by atoms with Crippen LogP contribution in [-0.2, 0) is 72.2 Å². The van der Waals surface area contributed by atoms with Gasteiger partial charge in [-0.1, -0.05) is 60.5 Å². The molecule has 2 aromatic rings. The Kier molecular flexibility index (Phi) is 76.1. The van der Waals surface area contributed by atoms with Crippen molar-refractivity contribution in [2.75, 3.05) is 164 Å². The first kappa shape index (κ1) is 105. The van der Waals surface area contributed by atoms with Gasteiger partial charge in [-0.05, 0) is 102 Å². The van der Waals surface area contributed by atoms with Crippen LogP contribution in [-0.4, -0.2) is 250 Å². The molecule has 0 spiro atoms. The first-order chi connectivity index (χ1) is 50.4. The number of hydrogen-bond donors (Lipinski definition) is 21. The number of pyridine rings is 2. The smallest absolute Gasteiger partial charge is 0.0545 e. The Morgan fingerprint density at radius 2 is 0.740 bits per heavy atom. The summed E-state index contributed by atoms with van der Waals surface area (Å²) in [5.41, 5.74) is 4.39. The summed E-state index contributed by atoms with van der Waals surface area (Å²) in [4.78, 5) is 9.35. The molecule has 5 fully saturated rings. The van der Waals surface area contributed by atoms with E-state index in [-0.39, 0.29) is 96.8 Å². The Bertz CT molecular complexity index is 2190. The zero-order valence-corrected chi connectivity index (χ0v) is 74.4. The summed E-state index contributed by atoms with van der Waals surface area (Å²) in [5.74, 6) is 0. The third-order valence-corrected chi connectivity index (χ3v) is 19.2. The van der Waals surface area contributed by atoms with E-state index in [1.807, 2.05) is 0 Å². The normalized spacial score (nSPS) is 27.2. The van der Waals surface area contributed by atoms with Gasteiger partial charge in [-0.15, -0.1) is 0 Å². The number of hydrogen-bond acceptors (Lipinski definition) is 23. The molecule has 2 saturated heterocycles. The maximum absolute atomic E-state index is 9.68. The molecule has 104 heavy (non-hydrogen) atoms. The predicted octanol–water partition coefficient (Wildman–Crippen LogP) is 2.60.